The van der Waals surface area contributed by atoms with Crippen molar-refractivity contribution in [2.24, 2.45) is 0 Å². The molecule has 1 aromatic heterocycles. The van der Waals surface area contributed by atoms with Gasteiger partial charge in [0.15, 0.2) is 0 Å². The standard InChI is InChI=1S/C17H14N2O2S/c1-18-16(21)14-8-9-22-17(14)19-15(20)13-7-6-11-4-2-3-5-12(11)10-13/h2-10H,1H3,(H,18,21)(H,19,20). The number of thiophene rings is 1. The van der Waals surface area contributed by atoms with E-state index in [0.29, 0.717) is 16.1 Å². The molecule has 0 saturated carbocycles. The maximum absolute atomic E-state index is 12.4. The van der Waals surface area contributed by atoms with Crippen molar-refractivity contribution in [3.8, 4) is 0 Å². The van der Waals surface area contributed by atoms with E-state index < -0.39 is 0 Å². The van der Waals surface area contributed by atoms with Crippen molar-refractivity contribution in [1.29, 1.82) is 0 Å². The van der Waals surface area contributed by atoms with E-state index in [0.717, 1.165) is 10.8 Å². The van der Waals surface area contributed by atoms with E-state index >= 15 is 0 Å². The summed E-state index contributed by atoms with van der Waals surface area (Å²) in [6.45, 7) is 0. The molecule has 2 amide bonds. The Bertz CT molecular complexity index is 854. The van der Waals surface area contributed by atoms with E-state index in [4.69, 9.17) is 0 Å². The minimum Gasteiger partial charge on any atom is -0.355 e. The van der Waals surface area contributed by atoms with Crippen LogP contribution in [0.3, 0.4) is 0 Å². The van der Waals surface area contributed by atoms with Crippen molar-refractivity contribution in [3.05, 3.63) is 65.0 Å². The van der Waals surface area contributed by atoms with E-state index in [1.54, 1.807) is 24.6 Å². The molecule has 5 heteroatoms. The topological polar surface area (TPSA) is 58.2 Å². The summed E-state index contributed by atoms with van der Waals surface area (Å²) in [5, 5.41) is 9.79. The smallest absolute Gasteiger partial charge is 0.256 e. The van der Waals surface area contributed by atoms with Gasteiger partial charge in [0, 0.05) is 12.6 Å². The van der Waals surface area contributed by atoms with Gasteiger partial charge in [-0.05, 0) is 34.4 Å². The molecule has 110 valence electrons. The van der Waals surface area contributed by atoms with Gasteiger partial charge in [-0.3, -0.25) is 9.59 Å². The summed E-state index contributed by atoms with van der Waals surface area (Å²) in [5.74, 6) is -0.437. The second-order valence-electron chi connectivity index (χ2n) is 4.76. The first kappa shape index (κ1) is 14.3. The number of amides is 2. The maximum atomic E-state index is 12.4. The molecule has 3 aromatic rings. The molecule has 0 aliphatic heterocycles. The lowest BCUT2D eigenvalue weighted by Crippen LogP contribution is -2.20. The highest BCUT2D eigenvalue weighted by molar-refractivity contribution is 7.14. The van der Waals surface area contributed by atoms with Gasteiger partial charge in [0.1, 0.15) is 5.00 Å². The van der Waals surface area contributed by atoms with Crippen LogP contribution in [0.15, 0.2) is 53.9 Å². The third-order valence-electron chi connectivity index (χ3n) is 3.38. The lowest BCUT2D eigenvalue weighted by Gasteiger charge is -2.07. The van der Waals surface area contributed by atoms with Crippen LogP contribution >= 0.6 is 11.3 Å². The van der Waals surface area contributed by atoms with Gasteiger partial charge >= 0.3 is 0 Å². The summed E-state index contributed by atoms with van der Waals surface area (Å²) >= 11 is 1.33. The normalized spacial score (nSPS) is 10.4. The highest BCUT2D eigenvalue weighted by Gasteiger charge is 2.15. The third-order valence-corrected chi connectivity index (χ3v) is 4.21. The van der Waals surface area contributed by atoms with Crippen molar-refractivity contribution >= 4 is 38.9 Å². The Hall–Kier alpha value is -2.66. The van der Waals surface area contributed by atoms with Crippen LogP contribution in [-0.2, 0) is 0 Å². The molecular formula is C17H14N2O2S. The Morgan fingerprint density at radius 2 is 1.73 bits per heavy atom. The molecule has 0 aliphatic carbocycles. The van der Waals surface area contributed by atoms with Gasteiger partial charge in [0.25, 0.3) is 11.8 Å². The molecule has 0 fully saturated rings. The van der Waals surface area contributed by atoms with E-state index in [2.05, 4.69) is 10.6 Å². The first-order chi connectivity index (χ1) is 10.7. The first-order valence-electron chi connectivity index (χ1n) is 6.79. The second-order valence-corrected chi connectivity index (χ2v) is 5.67. The average molecular weight is 310 g/mol. The fraction of sp³-hybridized carbons (Fsp3) is 0.0588. The van der Waals surface area contributed by atoms with Crippen LogP contribution in [0.5, 0.6) is 0 Å². The number of fused-ring (bicyclic) bond motifs is 1. The fourth-order valence-corrected chi connectivity index (χ4v) is 3.00. The van der Waals surface area contributed by atoms with Gasteiger partial charge in [0.05, 0.1) is 5.56 Å². The molecule has 22 heavy (non-hydrogen) atoms. The molecule has 0 aliphatic rings. The van der Waals surface area contributed by atoms with Crippen LogP contribution in [0.25, 0.3) is 10.8 Å². The van der Waals surface area contributed by atoms with Crippen LogP contribution in [0.4, 0.5) is 5.00 Å². The molecule has 2 aromatic carbocycles. The van der Waals surface area contributed by atoms with Crippen LogP contribution in [0, 0.1) is 0 Å². The van der Waals surface area contributed by atoms with Crippen molar-refractivity contribution in [2.75, 3.05) is 12.4 Å². The van der Waals surface area contributed by atoms with Gasteiger partial charge < -0.3 is 10.6 Å². The number of hydrogen-bond donors (Lipinski definition) is 2. The van der Waals surface area contributed by atoms with Gasteiger partial charge in [-0.15, -0.1) is 11.3 Å². The summed E-state index contributed by atoms with van der Waals surface area (Å²) in [6, 6.07) is 15.1. The van der Waals surface area contributed by atoms with E-state index in [1.165, 1.54) is 11.3 Å². The number of benzene rings is 2. The third kappa shape index (κ3) is 2.71. The Labute approximate surface area is 131 Å². The maximum Gasteiger partial charge on any atom is 0.256 e. The molecule has 4 nitrogen and oxygen atoms in total. The molecule has 0 radical (unpaired) electrons. The summed E-state index contributed by atoms with van der Waals surface area (Å²) in [7, 11) is 1.56. The van der Waals surface area contributed by atoms with Crippen molar-refractivity contribution in [2.45, 2.75) is 0 Å². The molecule has 0 bridgehead atoms. The molecule has 0 spiro atoms. The lowest BCUT2D eigenvalue weighted by molar-refractivity contribution is 0.0964. The van der Waals surface area contributed by atoms with Crippen LogP contribution in [-0.4, -0.2) is 18.9 Å². The molecule has 0 saturated heterocycles. The SMILES string of the molecule is CNC(=O)c1ccsc1NC(=O)c1ccc2ccccc2c1. The summed E-state index contributed by atoms with van der Waals surface area (Å²) < 4.78 is 0. The minimum absolute atomic E-state index is 0.213. The van der Waals surface area contributed by atoms with E-state index in [9.17, 15) is 9.59 Å². The van der Waals surface area contributed by atoms with E-state index in [-0.39, 0.29) is 11.8 Å². The molecule has 2 N–H and O–H groups in total. The van der Waals surface area contributed by atoms with Gasteiger partial charge in [-0.1, -0.05) is 30.3 Å². The van der Waals surface area contributed by atoms with Crippen LogP contribution < -0.4 is 10.6 Å². The highest BCUT2D eigenvalue weighted by Crippen LogP contribution is 2.24. The molecule has 0 unspecified atom stereocenters. The summed E-state index contributed by atoms with van der Waals surface area (Å²) in [6.07, 6.45) is 0. The quantitative estimate of drug-likeness (QED) is 0.777. The molecule has 1 heterocycles. The largest absolute Gasteiger partial charge is 0.355 e. The zero-order chi connectivity index (χ0) is 15.5. The summed E-state index contributed by atoms with van der Waals surface area (Å²) in [4.78, 5) is 24.1. The molecular weight excluding hydrogens is 296 g/mol. The van der Waals surface area contributed by atoms with Crippen molar-refractivity contribution < 1.29 is 9.59 Å². The first-order valence-corrected chi connectivity index (χ1v) is 7.67. The lowest BCUT2D eigenvalue weighted by atomic mass is 10.1. The fourth-order valence-electron chi connectivity index (χ4n) is 2.23. The number of nitrogens with one attached hydrogen (secondary N) is 2. The Morgan fingerprint density at radius 3 is 2.50 bits per heavy atom. The zero-order valence-corrected chi connectivity index (χ0v) is 12.7. The number of anilines is 1. The Morgan fingerprint density at radius 1 is 0.955 bits per heavy atom. The van der Waals surface area contributed by atoms with Gasteiger partial charge in [0.2, 0.25) is 0 Å². The minimum atomic E-state index is -0.224. The molecule has 3 rings (SSSR count). The van der Waals surface area contributed by atoms with Crippen molar-refractivity contribution in [1.82, 2.24) is 5.32 Å². The number of carbonyl (C=O) groups excluding carboxylic acids is 2. The van der Waals surface area contributed by atoms with Gasteiger partial charge in [-0.25, -0.2) is 0 Å². The average Bonchev–Trinajstić information content (AvgIpc) is 3.01. The van der Waals surface area contributed by atoms with Crippen molar-refractivity contribution in [3.63, 3.8) is 0 Å². The monoisotopic (exact) mass is 310 g/mol. The number of hydrogen-bond acceptors (Lipinski definition) is 3. The van der Waals surface area contributed by atoms with E-state index in [1.807, 2.05) is 36.4 Å². The summed E-state index contributed by atoms with van der Waals surface area (Å²) in [5.41, 5.74) is 1.04. The van der Waals surface area contributed by atoms with Crippen LogP contribution in [0.1, 0.15) is 20.7 Å². The number of rotatable bonds is 3. The zero-order valence-electron chi connectivity index (χ0n) is 11.9. The Balaban J connectivity index is 1.87. The second kappa shape index (κ2) is 5.99. The van der Waals surface area contributed by atoms with Crippen LogP contribution in [0.2, 0.25) is 0 Å². The Kier molecular flexibility index (Phi) is 3.89. The predicted octanol–water partition coefficient (Wildman–Crippen LogP) is 3.51. The van der Waals surface area contributed by atoms with Gasteiger partial charge in [-0.2, -0.15) is 0 Å². The highest BCUT2D eigenvalue weighted by atomic mass is 32.1. The number of carbonyl (C=O) groups is 2. The predicted molar refractivity (Wildman–Crippen MR) is 89.6 cm³/mol. The molecule has 0 atom stereocenters.